The number of methoxy groups -OCH3 is 2. The van der Waals surface area contributed by atoms with Crippen LogP contribution in [0.3, 0.4) is 0 Å². The van der Waals surface area contributed by atoms with Crippen molar-refractivity contribution in [1.82, 2.24) is 4.98 Å². The van der Waals surface area contributed by atoms with Crippen molar-refractivity contribution in [3.05, 3.63) is 41.7 Å². The van der Waals surface area contributed by atoms with Gasteiger partial charge in [0.05, 0.1) is 36.0 Å². The molecule has 1 heterocycles. The molecule has 1 N–H and O–H groups in total. The van der Waals surface area contributed by atoms with E-state index in [4.69, 9.17) is 21.1 Å². The molecular weight excluding hydrogens is 316 g/mol. The lowest BCUT2D eigenvalue weighted by Crippen LogP contribution is -2.13. The highest BCUT2D eigenvalue weighted by Gasteiger charge is 2.18. The number of aromatic nitrogens is 1. The van der Waals surface area contributed by atoms with Crippen molar-refractivity contribution in [3.8, 4) is 11.5 Å². The first-order valence-electron chi connectivity index (χ1n) is 5.82. The fraction of sp³-hybridized carbons (Fsp3) is 0.154. The number of nitrogens with zero attached hydrogens (tertiary/aromatic N) is 1. The molecule has 2 rings (SSSR count). The summed E-state index contributed by atoms with van der Waals surface area (Å²) in [6.45, 7) is 0. The van der Waals surface area contributed by atoms with Crippen LogP contribution in [0.5, 0.6) is 11.5 Å². The van der Waals surface area contributed by atoms with Gasteiger partial charge in [0.15, 0.2) is 11.5 Å². The van der Waals surface area contributed by atoms with E-state index in [-0.39, 0.29) is 15.6 Å². The van der Waals surface area contributed by atoms with Crippen LogP contribution in [0.15, 0.2) is 41.6 Å². The molecule has 0 saturated carbocycles. The van der Waals surface area contributed by atoms with Crippen LogP contribution >= 0.6 is 11.6 Å². The average molecular weight is 329 g/mol. The number of nitrogens with one attached hydrogen (secondary N) is 1. The summed E-state index contributed by atoms with van der Waals surface area (Å²) in [6.07, 6.45) is 2.80. The molecule has 21 heavy (non-hydrogen) atoms. The van der Waals surface area contributed by atoms with Gasteiger partial charge in [-0.1, -0.05) is 11.6 Å². The van der Waals surface area contributed by atoms with E-state index in [1.54, 1.807) is 0 Å². The van der Waals surface area contributed by atoms with Crippen LogP contribution in [0.4, 0.5) is 5.69 Å². The minimum Gasteiger partial charge on any atom is -0.493 e. The Bertz CT molecular complexity index is 750. The van der Waals surface area contributed by atoms with Crippen LogP contribution in [0, 0.1) is 0 Å². The normalized spacial score (nSPS) is 11.0. The number of sulfonamides is 1. The van der Waals surface area contributed by atoms with Gasteiger partial charge in [-0.25, -0.2) is 8.42 Å². The molecule has 0 atom stereocenters. The molecule has 0 aliphatic carbocycles. The Morgan fingerprint density at radius 3 is 2.48 bits per heavy atom. The van der Waals surface area contributed by atoms with E-state index in [9.17, 15) is 8.42 Å². The van der Waals surface area contributed by atoms with Crippen LogP contribution in [-0.4, -0.2) is 27.6 Å². The van der Waals surface area contributed by atoms with Gasteiger partial charge in [-0.2, -0.15) is 0 Å². The number of halogens is 1. The second kappa shape index (κ2) is 6.19. The molecule has 6 nitrogen and oxygen atoms in total. The minimum absolute atomic E-state index is 0.0278. The summed E-state index contributed by atoms with van der Waals surface area (Å²) in [5.74, 6) is 0.758. The molecule has 0 radical (unpaired) electrons. The first-order valence-corrected chi connectivity index (χ1v) is 7.68. The maximum atomic E-state index is 12.3. The highest BCUT2D eigenvalue weighted by Crippen LogP contribution is 2.30. The highest BCUT2D eigenvalue weighted by atomic mass is 35.5. The Morgan fingerprint density at radius 1 is 1.14 bits per heavy atom. The Hall–Kier alpha value is -1.99. The van der Waals surface area contributed by atoms with Gasteiger partial charge in [0.25, 0.3) is 10.0 Å². The SMILES string of the molecule is COc1ccc(S(=O)(=O)Nc2cnccc2Cl)cc1OC. The third-order valence-electron chi connectivity index (χ3n) is 2.68. The number of rotatable bonds is 5. The van der Waals surface area contributed by atoms with Gasteiger partial charge in [0, 0.05) is 12.3 Å². The van der Waals surface area contributed by atoms with Crippen LogP contribution in [0.25, 0.3) is 0 Å². The van der Waals surface area contributed by atoms with Crippen molar-refractivity contribution in [2.45, 2.75) is 4.90 Å². The zero-order chi connectivity index (χ0) is 15.5. The largest absolute Gasteiger partial charge is 0.493 e. The maximum Gasteiger partial charge on any atom is 0.262 e. The Morgan fingerprint density at radius 2 is 1.86 bits per heavy atom. The predicted molar refractivity (Wildman–Crippen MR) is 79.6 cm³/mol. The lowest BCUT2D eigenvalue weighted by atomic mass is 10.3. The second-order valence-electron chi connectivity index (χ2n) is 3.98. The Labute approximate surface area is 127 Å². The number of hydrogen-bond acceptors (Lipinski definition) is 5. The quantitative estimate of drug-likeness (QED) is 0.912. The summed E-state index contributed by atoms with van der Waals surface area (Å²) in [4.78, 5) is 3.86. The molecule has 1 aromatic heterocycles. The zero-order valence-corrected chi connectivity index (χ0v) is 12.9. The molecule has 0 amide bonds. The standard InChI is InChI=1S/C13H13ClN2O4S/c1-19-12-4-3-9(7-13(12)20-2)21(17,18)16-11-8-15-6-5-10(11)14/h3-8,16H,1-2H3. The van der Waals surface area contributed by atoms with Crippen molar-refractivity contribution in [2.24, 2.45) is 0 Å². The molecule has 112 valence electrons. The summed E-state index contributed by atoms with van der Waals surface area (Å²) in [6, 6.07) is 5.78. The minimum atomic E-state index is -3.80. The van der Waals surface area contributed by atoms with Gasteiger partial charge in [-0.3, -0.25) is 9.71 Å². The monoisotopic (exact) mass is 328 g/mol. The molecule has 0 aliphatic rings. The molecule has 0 bridgehead atoms. The lowest BCUT2D eigenvalue weighted by Gasteiger charge is -2.12. The summed E-state index contributed by atoms with van der Waals surface area (Å²) in [7, 11) is -0.901. The first-order chi connectivity index (χ1) is 9.97. The number of benzene rings is 1. The van der Waals surface area contributed by atoms with Crippen molar-refractivity contribution < 1.29 is 17.9 Å². The Kier molecular flexibility index (Phi) is 4.54. The molecule has 0 fully saturated rings. The van der Waals surface area contributed by atoms with E-state index >= 15 is 0 Å². The number of anilines is 1. The van der Waals surface area contributed by atoms with Gasteiger partial charge in [0.1, 0.15) is 0 Å². The lowest BCUT2D eigenvalue weighted by molar-refractivity contribution is 0.354. The fourth-order valence-electron chi connectivity index (χ4n) is 1.64. The summed E-state index contributed by atoms with van der Waals surface area (Å²) in [5, 5.41) is 0.258. The molecule has 0 spiro atoms. The number of ether oxygens (including phenoxy) is 2. The molecule has 0 unspecified atom stereocenters. The van der Waals surface area contributed by atoms with Gasteiger partial charge in [-0.15, -0.1) is 0 Å². The molecular formula is C13H13ClN2O4S. The zero-order valence-electron chi connectivity index (χ0n) is 11.3. The topological polar surface area (TPSA) is 77.5 Å². The molecule has 1 aromatic carbocycles. The van der Waals surface area contributed by atoms with E-state index in [2.05, 4.69) is 9.71 Å². The number of pyridine rings is 1. The fourth-order valence-corrected chi connectivity index (χ4v) is 2.93. The predicted octanol–water partition coefficient (Wildman–Crippen LogP) is 2.55. The highest BCUT2D eigenvalue weighted by molar-refractivity contribution is 7.92. The van der Waals surface area contributed by atoms with Crippen LogP contribution in [0.1, 0.15) is 0 Å². The van der Waals surface area contributed by atoms with Gasteiger partial charge < -0.3 is 9.47 Å². The molecule has 0 aliphatic heterocycles. The third-order valence-corrected chi connectivity index (χ3v) is 4.37. The molecule has 2 aromatic rings. The summed E-state index contributed by atoms with van der Waals surface area (Å²) in [5.41, 5.74) is 0.203. The van der Waals surface area contributed by atoms with E-state index < -0.39 is 10.0 Å². The van der Waals surface area contributed by atoms with Gasteiger partial charge >= 0.3 is 0 Å². The van der Waals surface area contributed by atoms with Crippen molar-refractivity contribution in [3.63, 3.8) is 0 Å². The Balaban J connectivity index is 2.38. The van der Waals surface area contributed by atoms with Gasteiger partial charge in [0.2, 0.25) is 0 Å². The second-order valence-corrected chi connectivity index (χ2v) is 6.07. The third kappa shape index (κ3) is 3.37. The molecule has 8 heteroatoms. The molecule has 0 saturated heterocycles. The number of hydrogen-bond donors (Lipinski definition) is 1. The maximum absolute atomic E-state index is 12.3. The van der Waals surface area contributed by atoms with E-state index in [1.807, 2.05) is 0 Å². The van der Waals surface area contributed by atoms with Crippen molar-refractivity contribution in [2.75, 3.05) is 18.9 Å². The smallest absolute Gasteiger partial charge is 0.262 e. The summed E-state index contributed by atoms with van der Waals surface area (Å²) >= 11 is 5.91. The van der Waals surface area contributed by atoms with Crippen LogP contribution in [0.2, 0.25) is 5.02 Å². The summed E-state index contributed by atoms with van der Waals surface area (Å²) < 4.78 is 37.2. The van der Waals surface area contributed by atoms with E-state index in [0.717, 1.165) is 0 Å². The van der Waals surface area contributed by atoms with Crippen LogP contribution < -0.4 is 14.2 Å². The van der Waals surface area contributed by atoms with Gasteiger partial charge in [-0.05, 0) is 18.2 Å². The van der Waals surface area contributed by atoms with E-state index in [0.29, 0.717) is 11.5 Å². The van der Waals surface area contributed by atoms with Crippen molar-refractivity contribution >= 4 is 27.3 Å². The van der Waals surface area contributed by atoms with Crippen LogP contribution in [-0.2, 0) is 10.0 Å². The first kappa shape index (κ1) is 15.4. The average Bonchev–Trinajstić information content (AvgIpc) is 2.48. The van der Waals surface area contributed by atoms with E-state index in [1.165, 1.54) is 50.9 Å². The van der Waals surface area contributed by atoms with Crippen molar-refractivity contribution in [1.29, 1.82) is 0 Å².